The van der Waals surface area contributed by atoms with Gasteiger partial charge < -0.3 is 9.47 Å². The normalized spacial score (nSPS) is 14.4. The molecular weight excluding hydrogens is 581 g/mol. The van der Waals surface area contributed by atoms with E-state index in [2.05, 4.69) is 179 Å². The van der Waals surface area contributed by atoms with Crippen molar-refractivity contribution in [3.8, 4) is 5.69 Å². The third-order valence-corrected chi connectivity index (χ3v) is 10.6. The lowest BCUT2D eigenvalue weighted by molar-refractivity contribution is 0.346. The summed E-state index contributed by atoms with van der Waals surface area (Å²) in [6.07, 6.45) is 6.19. The lowest BCUT2D eigenvalue weighted by atomic mass is 9.65. The van der Waals surface area contributed by atoms with Crippen LogP contribution < -0.4 is 4.90 Å². The maximum atomic E-state index is 2.49. The minimum Gasteiger partial charge on any atom is -0.310 e. The second kappa shape index (κ2) is 11.9. The van der Waals surface area contributed by atoms with Crippen molar-refractivity contribution in [2.24, 2.45) is 0 Å². The van der Waals surface area contributed by atoms with E-state index in [0.717, 1.165) is 5.69 Å². The molecule has 0 saturated heterocycles. The molecule has 232 valence electrons. The van der Waals surface area contributed by atoms with Gasteiger partial charge in [-0.25, -0.2) is 0 Å². The van der Waals surface area contributed by atoms with Crippen LogP contribution in [0.1, 0.15) is 43.2 Å². The van der Waals surface area contributed by atoms with Gasteiger partial charge in [0.25, 0.3) is 0 Å². The molecule has 7 aromatic carbocycles. The molecule has 2 nitrogen and oxygen atoms in total. The van der Waals surface area contributed by atoms with E-state index in [1.807, 2.05) is 0 Å². The van der Waals surface area contributed by atoms with Gasteiger partial charge >= 0.3 is 0 Å². The summed E-state index contributed by atoms with van der Waals surface area (Å²) in [6.45, 7) is 0. The molecule has 1 saturated carbocycles. The van der Waals surface area contributed by atoms with Crippen LogP contribution in [0.4, 0.5) is 17.1 Å². The zero-order valence-corrected chi connectivity index (χ0v) is 27.1. The molecule has 2 heteroatoms. The fraction of sp³-hybridized carbons (Fsp3) is 0.130. The summed E-state index contributed by atoms with van der Waals surface area (Å²) in [4.78, 5) is 2.49. The molecule has 1 aromatic heterocycles. The maximum absolute atomic E-state index is 2.49. The van der Waals surface area contributed by atoms with E-state index in [1.54, 1.807) is 0 Å². The van der Waals surface area contributed by atoms with Crippen LogP contribution in [-0.4, -0.2) is 4.57 Å². The molecule has 9 rings (SSSR count). The highest BCUT2D eigenvalue weighted by atomic mass is 15.1. The molecule has 0 aliphatic heterocycles. The summed E-state index contributed by atoms with van der Waals surface area (Å²) in [5, 5.41) is 5.00. The molecule has 0 bridgehead atoms. The fourth-order valence-corrected chi connectivity index (χ4v) is 8.38. The smallest absolute Gasteiger partial charge is 0.0542 e. The predicted octanol–water partition coefficient (Wildman–Crippen LogP) is 12.7. The molecule has 1 aliphatic rings. The Morgan fingerprint density at radius 3 is 1.90 bits per heavy atom. The molecule has 1 aliphatic carbocycles. The fourth-order valence-electron chi connectivity index (χ4n) is 8.38. The maximum Gasteiger partial charge on any atom is 0.0542 e. The van der Waals surface area contributed by atoms with E-state index in [1.165, 1.54) is 92.9 Å². The van der Waals surface area contributed by atoms with Gasteiger partial charge in [-0.1, -0.05) is 135 Å². The van der Waals surface area contributed by atoms with E-state index >= 15 is 0 Å². The van der Waals surface area contributed by atoms with Gasteiger partial charge in [-0.05, 0) is 84.0 Å². The molecular formula is C46H38N2. The number of rotatable bonds is 6. The van der Waals surface area contributed by atoms with Crippen molar-refractivity contribution in [2.75, 3.05) is 4.90 Å². The van der Waals surface area contributed by atoms with Crippen molar-refractivity contribution in [1.29, 1.82) is 0 Å². The van der Waals surface area contributed by atoms with Gasteiger partial charge in [0.1, 0.15) is 0 Å². The molecule has 0 radical (unpaired) electrons. The molecule has 0 atom stereocenters. The van der Waals surface area contributed by atoms with Crippen LogP contribution in [0.3, 0.4) is 0 Å². The second-order valence-electron chi connectivity index (χ2n) is 13.3. The van der Waals surface area contributed by atoms with E-state index in [9.17, 15) is 0 Å². The zero-order chi connectivity index (χ0) is 31.9. The summed E-state index contributed by atoms with van der Waals surface area (Å²) in [6, 6.07) is 62.7. The van der Waals surface area contributed by atoms with Crippen molar-refractivity contribution in [2.45, 2.75) is 37.5 Å². The average Bonchev–Trinajstić information content (AvgIpc) is 3.50. The Morgan fingerprint density at radius 2 is 1.06 bits per heavy atom. The van der Waals surface area contributed by atoms with Crippen molar-refractivity contribution >= 4 is 49.6 Å². The number of para-hydroxylation sites is 2. The van der Waals surface area contributed by atoms with E-state index in [0.29, 0.717) is 0 Å². The first-order valence-corrected chi connectivity index (χ1v) is 17.3. The van der Waals surface area contributed by atoms with E-state index in [4.69, 9.17) is 0 Å². The van der Waals surface area contributed by atoms with Crippen LogP contribution in [0.2, 0.25) is 0 Å². The predicted molar refractivity (Wildman–Crippen MR) is 203 cm³/mol. The number of fused-ring (bicyclic) bond motifs is 4. The first-order chi connectivity index (χ1) is 23.8. The second-order valence-corrected chi connectivity index (χ2v) is 13.3. The lowest BCUT2D eigenvalue weighted by Gasteiger charge is -2.39. The SMILES string of the molecule is c1ccc(-n2c3ccccc3c3cc(N(c4cccc(C5(c6ccccc6)CCCCC5)c4)c4cccc5ccccc45)ccc32)cc1. The Bertz CT molecular complexity index is 2370. The Labute approximate surface area is 282 Å². The Morgan fingerprint density at radius 1 is 0.438 bits per heavy atom. The molecule has 8 aromatic rings. The van der Waals surface area contributed by atoms with Crippen molar-refractivity contribution in [3.63, 3.8) is 0 Å². The first kappa shape index (κ1) is 28.6. The van der Waals surface area contributed by atoms with Gasteiger partial charge in [0, 0.05) is 38.6 Å². The van der Waals surface area contributed by atoms with Gasteiger partial charge in [-0.3, -0.25) is 0 Å². The van der Waals surface area contributed by atoms with Crippen molar-refractivity contribution < 1.29 is 0 Å². The highest BCUT2D eigenvalue weighted by Gasteiger charge is 2.36. The highest BCUT2D eigenvalue weighted by Crippen LogP contribution is 2.48. The molecule has 1 heterocycles. The largest absolute Gasteiger partial charge is 0.310 e. The third-order valence-electron chi connectivity index (χ3n) is 10.6. The van der Waals surface area contributed by atoms with Crippen LogP contribution >= 0.6 is 0 Å². The Kier molecular flexibility index (Phi) is 7.08. The monoisotopic (exact) mass is 618 g/mol. The molecule has 0 spiro atoms. The topological polar surface area (TPSA) is 8.17 Å². The summed E-state index contributed by atoms with van der Waals surface area (Å²) in [7, 11) is 0. The number of hydrogen-bond donors (Lipinski definition) is 0. The van der Waals surface area contributed by atoms with E-state index < -0.39 is 0 Å². The standard InChI is InChI=1S/C46H38N2/c1-4-18-35(19-5-1)46(30-12-3-13-31-46)36-20-15-23-38(32-36)47(43-27-14-17-34-16-8-9-24-40(34)43)39-28-29-45-42(33-39)41-25-10-11-26-44(41)48(45)37-21-6-2-7-22-37/h1-2,4-11,14-29,32-33H,3,12-13,30-31H2. The summed E-state index contributed by atoms with van der Waals surface area (Å²) < 4.78 is 2.39. The zero-order valence-electron chi connectivity index (χ0n) is 27.1. The third kappa shape index (κ3) is 4.71. The Hall–Kier alpha value is -5.60. The number of benzene rings is 7. The summed E-state index contributed by atoms with van der Waals surface area (Å²) in [5.74, 6) is 0. The Balaban J connectivity index is 1.28. The van der Waals surface area contributed by atoms with Crippen LogP contribution in [-0.2, 0) is 5.41 Å². The van der Waals surface area contributed by atoms with Crippen LogP contribution in [0.5, 0.6) is 0 Å². The molecule has 0 amide bonds. The van der Waals surface area contributed by atoms with Crippen LogP contribution in [0.15, 0.2) is 170 Å². The number of hydrogen-bond acceptors (Lipinski definition) is 1. The van der Waals surface area contributed by atoms with Gasteiger partial charge in [0.2, 0.25) is 0 Å². The van der Waals surface area contributed by atoms with Gasteiger partial charge in [-0.15, -0.1) is 0 Å². The molecule has 0 unspecified atom stereocenters. The number of nitrogens with zero attached hydrogens (tertiary/aromatic N) is 2. The minimum absolute atomic E-state index is 0.0208. The van der Waals surface area contributed by atoms with E-state index in [-0.39, 0.29) is 5.41 Å². The molecule has 1 fully saturated rings. The van der Waals surface area contributed by atoms with Crippen molar-refractivity contribution in [1.82, 2.24) is 4.57 Å². The first-order valence-electron chi connectivity index (χ1n) is 17.3. The quantitative estimate of drug-likeness (QED) is 0.180. The minimum atomic E-state index is 0.0208. The van der Waals surface area contributed by atoms with Gasteiger partial charge in [0.05, 0.1) is 16.7 Å². The average molecular weight is 619 g/mol. The summed E-state index contributed by atoms with van der Waals surface area (Å²) >= 11 is 0. The number of anilines is 3. The van der Waals surface area contributed by atoms with Crippen LogP contribution in [0, 0.1) is 0 Å². The molecule has 48 heavy (non-hydrogen) atoms. The highest BCUT2D eigenvalue weighted by molar-refractivity contribution is 6.11. The van der Waals surface area contributed by atoms with Gasteiger partial charge in [0.15, 0.2) is 0 Å². The van der Waals surface area contributed by atoms with Crippen LogP contribution in [0.25, 0.3) is 38.3 Å². The number of aromatic nitrogens is 1. The lowest BCUT2D eigenvalue weighted by Crippen LogP contribution is -2.30. The van der Waals surface area contributed by atoms with Gasteiger partial charge in [-0.2, -0.15) is 0 Å². The molecule has 0 N–H and O–H groups in total. The summed E-state index contributed by atoms with van der Waals surface area (Å²) in [5.41, 5.74) is 10.0. The van der Waals surface area contributed by atoms with Crippen molar-refractivity contribution in [3.05, 3.63) is 181 Å².